The molecule has 0 unspecified atom stereocenters. The first-order valence-corrected chi connectivity index (χ1v) is 13.2. The molecule has 1 aliphatic heterocycles. The summed E-state index contributed by atoms with van der Waals surface area (Å²) in [4.78, 5) is 24.2. The topological polar surface area (TPSA) is 94.4 Å². The Bertz CT molecular complexity index is 1110. The Labute approximate surface area is 210 Å². The van der Waals surface area contributed by atoms with Crippen LogP contribution in [-0.2, 0) is 16.1 Å². The number of hydrogen-bond donors (Lipinski definition) is 1. The largest absolute Gasteiger partial charge is 0.484 e. The lowest BCUT2D eigenvalue weighted by atomic mass is 10.0. The van der Waals surface area contributed by atoms with Crippen molar-refractivity contribution in [2.24, 2.45) is 0 Å². The molecule has 0 bridgehead atoms. The number of carbonyl (C=O) groups excluding carboxylic acids is 1. The summed E-state index contributed by atoms with van der Waals surface area (Å²) in [6, 6.07) is 7.86. The average Bonchev–Trinajstić information content (AvgIpc) is 3.29. The first-order chi connectivity index (χ1) is 17.0. The van der Waals surface area contributed by atoms with E-state index in [0.29, 0.717) is 38.0 Å². The molecule has 1 aliphatic rings. The van der Waals surface area contributed by atoms with E-state index in [0.717, 1.165) is 47.3 Å². The molecule has 4 rings (SSSR count). The van der Waals surface area contributed by atoms with Crippen molar-refractivity contribution in [1.82, 2.24) is 25.1 Å². The van der Waals surface area contributed by atoms with E-state index in [4.69, 9.17) is 19.4 Å². The summed E-state index contributed by atoms with van der Waals surface area (Å²) in [5, 5.41) is 9.14. The van der Waals surface area contributed by atoms with Crippen molar-refractivity contribution in [3.63, 3.8) is 0 Å². The average molecular weight is 499 g/mol. The van der Waals surface area contributed by atoms with Crippen LogP contribution >= 0.6 is 11.8 Å². The van der Waals surface area contributed by atoms with Gasteiger partial charge in [0.25, 0.3) is 5.91 Å². The number of thioether (sulfide) groups is 1. The third-order valence-electron chi connectivity index (χ3n) is 5.76. The number of aromatic nitrogens is 4. The molecule has 3 aromatic rings. The Morgan fingerprint density at radius 2 is 1.97 bits per heavy atom. The van der Waals surface area contributed by atoms with Crippen LogP contribution in [0.15, 0.2) is 35.6 Å². The fourth-order valence-corrected chi connectivity index (χ4v) is 4.50. The van der Waals surface area contributed by atoms with Crippen molar-refractivity contribution >= 4 is 34.5 Å². The fraction of sp³-hybridized carbons (Fsp3) is 0.520. The number of nitrogens with one attached hydrogen (secondary N) is 1. The molecule has 35 heavy (non-hydrogen) atoms. The van der Waals surface area contributed by atoms with E-state index in [1.165, 1.54) is 5.56 Å². The van der Waals surface area contributed by atoms with Crippen LogP contribution in [0.4, 0.5) is 5.82 Å². The van der Waals surface area contributed by atoms with Gasteiger partial charge in [0.1, 0.15) is 11.6 Å². The zero-order valence-electron chi connectivity index (χ0n) is 20.7. The van der Waals surface area contributed by atoms with Crippen LogP contribution < -0.4 is 15.0 Å². The highest BCUT2D eigenvalue weighted by Gasteiger charge is 2.20. The van der Waals surface area contributed by atoms with Crippen LogP contribution in [0.3, 0.4) is 0 Å². The number of nitrogens with zero attached hydrogens (tertiary/aromatic N) is 5. The van der Waals surface area contributed by atoms with Crippen molar-refractivity contribution in [2.75, 3.05) is 50.1 Å². The number of carbonyl (C=O) groups is 1. The van der Waals surface area contributed by atoms with Crippen molar-refractivity contribution in [1.29, 1.82) is 0 Å². The Hall–Kier alpha value is -2.85. The molecule has 0 aliphatic carbocycles. The Morgan fingerprint density at radius 1 is 1.20 bits per heavy atom. The van der Waals surface area contributed by atoms with Gasteiger partial charge in [0.15, 0.2) is 17.4 Å². The third-order valence-corrected chi connectivity index (χ3v) is 6.82. The molecule has 10 heteroatoms. The minimum Gasteiger partial charge on any atom is -0.484 e. The molecule has 1 amide bonds. The van der Waals surface area contributed by atoms with Crippen LogP contribution in [0, 0.1) is 0 Å². The van der Waals surface area contributed by atoms with Crippen molar-refractivity contribution in [3.8, 4) is 5.75 Å². The molecule has 9 nitrogen and oxygen atoms in total. The van der Waals surface area contributed by atoms with Crippen LogP contribution in [0.2, 0.25) is 0 Å². The first kappa shape index (κ1) is 25.2. The molecular weight excluding hydrogens is 464 g/mol. The van der Waals surface area contributed by atoms with Gasteiger partial charge >= 0.3 is 0 Å². The number of anilines is 1. The van der Waals surface area contributed by atoms with Gasteiger partial charge in [0.2, 0.25) is 0 Å². The van der Waals surface area contributed by atoms with Gasteiger partial charge in [-0.25, -0.2) is 14.6 Å². The smallest absolute Gasteiger partial charge is 0.258 e. The standard InChI is InChI=1S/C25H34N6O3S/c1-4-15-35-25-28-23(30-11-13-33-14-12-30)21-16-27-31(24(21)29-25)10-9-26-22(32)17-34-20-7-5-19(6-8-20)18(2)3/h5-8,16,18H,4,9-15,17H2,1-3H3,(H,26,32). The second kappa shape index (κ2) is 12.2. The van der Waals surface area contributed by atoms with Crippen LogP contribution in [0.25, 0.3) is 11.0 Å². The summed E-state index contributed by atoms with van der Waals surface area (Å²) < 4.78 is 13.0. The molecular formula is C25H34N6O3S. The van der Waals surface area contributed by atoms with Gasteiger partial charge in [-0.3, -0.25) is 4.79 Å². The Morgan fingerprint density at radius 3 is 2.69 bits per heavy atom. The van der Waals surface area contributed by atoms with Gasteiger partial charge in [-0.15, -0.1) is 0 Å². The lowest BCUT2D eigenvalue weighted by Crippen LogP contribution is -2.37. The Kier molecular flexibility index (Phi) is 8.81. The number of benzene rings is 1. The van der Waals surface area contributed by atoms with E-state index in [-0.39, 0.29) is 12.5 Å². The predicted octanol–water partition coefficient (Wildman–Crippen LogP) is 3.48. The lowest BCUT2D eigenvalue weighted by Gasteiger charge is -2.28. The first-order valence-electron chi connectivity index (χ1n) is 12.2. The van der Waals surface area contributed by atoms with Crippen molar-refractivity contribution < 1.29 is 14.3 Å². The van der Waals surface area contributed by atoms with Crippen molar-refractivity contribution in [2.45, 2.75) is 44.8 Å². The quantitative estimate of drug-likeness (QED) is 0.317. The molecule has 0 radical (unpaired) electrons. The minimum atomic E-state index is -0.169. The number of hydrogen-bond acceptors (Lipinski definition) is 8. The van der Waals surface area contributed by atoms with E-state index in [1.807, 2.05) is 35.1 Å². The second-order valence-corrected chi connectivity index (χ2v) is 9.81. The van der Waals surface area contributed by atoms with E-state index in [9.17, 15) is 4.79 Å². The maximum Gasteiger partial charge on any atom is 0.258 e. The molecule has 1 N–H and O–H groups in total. The van der Waals surface area contributed by atoms with Gasteiger partial charge in [-0.2, -0.15) is 5.10 Å². The van der Waals surface area contributed by atoms with Gasteiger partial charge in [-0.05, 0) is 30.0 Å². The summed E-state index contributed by atoms with van der Waals surface area (Å²) in [5.74, 6) is 2.84. The van der Waals surface area contributed by atoms with Crippen LogP contribution in [0.5, 0.6) is 5.75 Å². The van der Waals surface area contributed by atoms with E-state index in [2.05, 4.69) is 36.1 Å². The van der Waals surface area contributed by atoms with Crippen LogP contribution in [0.1, 0.15) is 38.7 Å². The van der Waals surface area contributed by atoms with Gasteiger partial charge in [0.05, 0.1) is 31.3 Å². The van der Waals surface area contributed by atoms with E-state index < -0.39 is 0 Å². The summed E-state index contributed by atoms with van der Waals surface area (Å²) in [6.07, 6.45) is 2.87. The third kappa shape index (κ3) is 6.64. The zero-order chi connectivity index (χ0) is 24.6. The van der Waals surface area contributed by atoms with Crippen molar-refractivity contribution in [3.05, 3.63) is 36.0 Å². The maximum absolute atomic E-state index is 12.3. The molecule has 0 spiro atoms. The lowest BCUT2D eigenvalue weighted by molar-refractivity contribution is -0.123. The van der Waals surface area contributed by atoms with Gasteiger partial charge in [0, 0.05) is 25.4 Å². The molecule has 3 heterocycles. The molecule has 1 saturated heterocycles. The fourth-order valence-electron chi connectivity index (χ4n) is 3.81. The highest BCUT2D eigenvalue weighted by molar-refractivity contribution is 7.99. The zero-order valence-corrected chi connectivity index (χ0v) is 21.5. The highest BCUT2D eigenvalue weighted by Crippen LogP contribution is 2.28. The van der Waals surface area contributed by atoms with Gasteiger partial charge in [-0.1, -0.05) is 44.7 Å². The molecule has 1 aromatic carbocycles. The monoisotopic (exact) mass is 498 g/mol. The molecule has 0 saturated carbocycles. The van der Waals surface area contributed by atoms with E-state index in [1.54, 1.807) is 11.8 Å². The predicted molar refractivity (Wildman–Crippen MR) is 138 cm³/mol. The SMILES string of the molecule is CCCSc1nc(N2CCOCC2)c2cnn(CCNC(=O)COc3ccc(C(C)C)cc3)c2n1. The number of ether oxygens (including phenoxy) is 2. The highest BCUT2D eigenvalue weighted by atomic mass is 32.2. The summed E-state index contributed by atoms with van der Waals surface area (Å²) in [5.41, 5.74) is 2.03. The number of fused-ring (bicyclic) bond motifs is 1. The number of amides is 1. The molecule has 188 valence electrons. The number of rotatable bonds is 11. The van der Waals surface area contributed by atoms with Crippen LogP contribution in [-0.4, -0.2) is 70.9 Å². The van der Waals surface area contributed by atoms with E-state index >= 15 is 0 Å². The maximum atomic E-state index is 12.3. The summed E-state index contributed by atoms with van der Waals surface area (Å²) >= 11 is 1.65. The summed E-state index contributed by atoms with van der Waals surface area (Å²) in [7, 11) is 0. The molecule has 1 fully saturated rings. The number of morpholine rings is 1. The summed E-state index contributed by atoms with van der Waals surface area (Å²) in [6.45, 7) is 10.3. The molecule has 2 aromatic heterocycles. The second-order valence-electron chi connectivity index (χ2n) is 8.75. The Balaban J connectivity index is 1.37. The minimum absolute atomic E-state index is 0.0258. The normalized spacial score (nSPS) is 14.0. The van der Waals surface area contributed by atoms with Gasteiger partial charge < -0.3 is 19.7 Å². The molecule has 0 atom stereocenters.